The van der Waals surface area contributed by atoms with Gasteiger partial charge in [-0.25, -0.2) is 0 Å². The molecule has 2 saturated carbocycles. The molecule has 1 amide bonds. The van der Waals surface area contributed by atoms with E-state index in [1.165, 1.54) is 25.7 Å². The van der Waals surface area contributed by atoms with Crippen LogP contribution in [0.1, 0.15) is 39.0 Å². The SMILES string of the molecule is CCN(CCC#N)C(=O)C1C2CCCCC21. The molecule has 2 atom stereocenters. The minimum absolute atomic E-state index is 0.307. The molecule has 0 aromatic rings. The van der Waals surface area contributed by atoms with Gasteiger partial charge >= 0.3 is 0 Å². The van der Waals surface area contributed by atoms with Crippen LogP contribution in [0.4, 0.5) is 0 Å². The molecular formula is C13H20N2O. The van der Waals surface area contributed by atoms with Gasteiger partial charge in [-0.15, -0.1) is 0 Å². The van der Waals surface area contributed by atoms with E-state index in [1.54, 1.807) is 0 Å². The second kappa shape index (κ2) is 4.86. The number of amides is 1. The van der Waals surface area contributed by atoms with Crippen LogP contribution in [0.3, 0.4) is 0 Å². The van der Waals surface area contributed by atoms with Gasteiger partial charge in [0.15, 0.2) is 0 Å². The van der Waals surface area contributed by atoms with E-state index in [1.807, 2.05) is 11.8 Å². The Morgan fingerprint density at radius 2 is 2.00 bits per heavy atom. The van der Waals surface area contributed by atoms with Crippen LogP contribution in [-0.2, 0) is 4.79 Å². The van der Waals surface area contributed by atoms with Crippen LogP contribution in [-0.4, -0.2) is 23.9 Å². The lowest BCUT2D eigenvalue weighted by Crippen LogP contribution is -2.33. The molecule has 0 spiro atoms. The van der Waals surface area contributed by atoms with Crippen LogP contribution < -0.4 is 0 Å². The van der Waals surface area contributed by atoms with E-state index in [4.69, 9.17) is 5.26 Å². The quantitative estimate of drug-likeness (QED) is 0.729. The number of rotatable bonds is 4. The molecule has 0 aromatic heterocycles. The third-order valence-corrected chi connectivity index (χ3v) is 4.13. The van der Waals surface area contributed by atoms with Gasteiger partial charge in [0.1, 0.15) is 0 Å². The Morgan fingerprint density at radius 3 is 2.50 bits per heavy atom. The normalized spacial score (nSPS) is 31.4. The molecular weight excluding hydrogens is 200 g/mol. The fourth-order valence-electron chi connectivity index (χ4n) is 3.18. The van der Waals surface area contributed by atoms with Crippen molar-refractivity contribution in [2.75, 3.05) is 13.1 Å². The van der Waals surface area contributed by atoms with Crippen LogP contribution >= 0.6 is 0 Å². The van der Waals surface area contributed by atoms with Crippen molar-refractivity contribution >= 4 is 5.91 Å². The van der Waals surface area contributed by atoms with Crippen molar-refractivity contribution in [3.63, 3.8) is 0 Å². The van der Waals surface area contributed by atoms with Gasteiger partial charge < -0.3 is 4.90 Å². The zero-order valence-electron chi connectivity index (χ0n) is 9.98. The van der Waals surface area contributed by atoms with Crippen molar-refractivity contribution in [3.8, 4) is 6.07 Å². The first-order valence-electron chi connectivity index (χ1n) is 6.45. The predicted molar refractivity (Wildman–Crippen MR) is 61.4 cm³/mol. The molecule has 16 heavy (non-hydrogen) atoms. The van der Waals surface area contributed by atoms with Crippen molar-refractivity contribution in [1.29, 1.82) is 5.26 Å². The number of carbonyl (C=O) groups excluding carboxylic acids is 1. The van der Waals surface area contributed by atoms with E-state index in [9.17, 15) is 4.79 Å². The van der Waals surface area contributed by atoms with Crippen LogP contribution in [0.5, 0.6) is 0 Å². The summed E-state index contributed by atoms with van der Waals surface area (Å²) in [6.07, 6.45) is 5.56. The summed E-state index contributed by atoms with van der Waals surface area (Å²) in [6, 6.07) is 2.12. The first kappa shape index (κ1) is 11.4. The third kappa shape index (κ3) is 2.07. The van der Waals surface area contributed by atoms with Crippen LogP contribution in [0.2, 0.25) is 0 Å². The Labute approximate surface area is 97.4 Å². The van der Waals surface area contributed by atoms with Gasteiger partial charge in [0, 0.05) is 19.0 Å². The van der Waals surface area contributed by atoms with Crippen LogP contribution in [0.25, 0.3) is 0 Å². The lowest BCUT2D eigenvalue weighted by Gasteiger charge is -2.19. The van der Waals surface area contributed by atoms with Gasteiger partial charge in [-0.2, -0.15) is 5.26 Å². The van der Waals surface area contributed by atoms with E-state index >= 15 is 0 Å². The van der Waals surface area contributed by atoms with Gasteiger partial charge in [0.2, 0.25) is 5.91 Å². The molecule has 2 unspecified atom stereocenters. The number of fused-ring (bicyclic) bond motifs is 1. The molecule has 3 nitrogen and oxygen atoms in total. The molecule has 0 radical (unpaired) electrons. The lowest BCUT2D eigenvalue weighted by molar-refractivity contribution is -0.132. The van der Waals surface area contributed by atoms with E-state index in [-0.39, 0.29) is 0 Å². The molecule has 2 fully saturated rings. The molecule has 2 aliphatic rings. The predicted octanol–water partition coefficient (Wildman–Crippen LogP) is 2.18. The molecule has 0 aromatic carbocycles. The topological polar surface area (TPSA) is 44.1 Å². The Hall–Kier alpha value is -1.04. The smallest absolute Gasteiger partial charge is 0.226 e. The van der Waals surface area contributed by atoms with Crippen molar-refractivity contribution in [2.45, 2.75) is 39.0 Å². The summed E-state index contributed by atoms with van der Waals surface area (Å²) in [4.78, 5) is 14.1. The first-order chi connectivity index (χ1) is 7.79. The summed E-state index contributed by atoms with van der Waals surface area (Å²) in [5.74, 6) is 1.98. The second-order valence-electron chi connectivity index (χ2n) is 4.96. The maximum Gasteiger partial charge on any atom is 0.226 e. The number of hydrogen-bond acceptors (Lipinski definition) is 2. The van der Waals surface area contributed by atoms with Gasteiger partial charge in [-0.3, -0.25) is 4.79 Å². The number of nitrogens with zero attached hydrogens (tertiary/aromatic N) is 2. The molecule has 2 rings (SSSR count). The van der Waals surface area contributed by atoms with E-state index in [0.717, 1.165) is 6.54 Å². The molecule has 0 heterocycles. The fraction of sp³-hybridized carbons (Fsp3) is 0.846. The standard InChI is InChI=1S/C13H20N2O/c1-2-15(9-5-8-14)13(16)12-10-6-3-4-7-11(10)12/h10-12H,2-7,9H2,1H3. The first-order valence-corrected chi connectivity index (χ1v) is 6.45. The monoisotopic (exact) mass is 220 g/mol. The molecule has 88 valence electrons. The Kier molecular flexibility index (Phi) is 3.48. The zero-order chi connectivity index (χ0) is 11.5. The second-order valence-corrected chi connectivity index (χ2v) is 4.96. The van der Waals surface area contributed by atoms with Crippen molar-refractivity contribution < 1.29 is 4.79 Å². The lowest BCUT2D eigenvalue weighted by atomic mass is 10.0. The highest BCUT2D eigenvalue weighted by molar-refractivity contribution is 5.82. The summed E-state index contributed by atoms with van der Waals surface area (Å²) < 4.78 is 0. The maximum atomic E-state index is 12.2. The fourth-order valence-corrected chi connectivity index (χ4v) is 3.18. The maximum absolute atomic E-state index is 12.2. The Morgan fingerprint density at radius 1 is 1.38 bits per heavy atom. The van der Waals surface area contributed by atoms with Crippen molar-refractivity contribution in [1.82, 2.24) is 4.90 Å². The van der Waals surface area contributed by atoms with E-state index in [0.29, 0.717) is 36.6 Å². The summed E-state index contributed by atoms with van der Waals surface area (Å²) in [7, 11) is 0. The van der Waals surface area contributed by atoms with Gasteiger partial charge in [0.05, 0.1) is 12.5 Å². The van der Waals surface area contributed by atoms with Crippen molar-refractivity contribution in [3.05, 3.63) is 0 Å². The summed E-state index contributed by atoms with van der Waals surface area (Å²) in [5.41, 5.74) is 0. The largest absolute Gasteiger partial charge is 0.342 e. The van der Waals surface area contributed by atoms with Crippen molar-refractivity contribution in [2.24, 2.45) is 17.8 Å². The Balaban J connectivity index is 1.89. The van der Waals surface area contributed by atoms with Gasteiger partial charge in [-0.1, -0.05) is 12.8 Å². The number of hydrogen-bond donors (Lipinski definition) is 0. The van der Waals surface area contributed by atoms with Crippen LogP contribution in [0, 0.1) is 29.1 Å². The molecule has 0 saturated heterocycles. The molecule has 0 N–H and O–H groups in total. The molecule has 0 aliphatic heterocycles. The number of nitriles is 1. The molecule has 2 aliphatic carbocycles. The Bertz CT molecular complexity index is 296. The zero-order valence-corrected chi connectivity index (χ0v) is 9.98. The van der Waals surface area contributed by atoms with Gasteiger partial charge in [0.25, 0.3) is 0 Å². The third-order valence-electron chi connectivity index (χ3n) is 4.13. The van der Waals surface area contributed by atoms with Gasteiger partial charge in [-0.05, 0) is 31.6 Å². The summed E-state index contributed by atoms with van der Waals surface area (Å²) in [6.45, 7) is 3.36. The summed E-state index contributed by atoms with van der Waals surface area (Å²) >= 11 is 0. The van der Waals surface area contributed by atoms with E-state index < -0.39 is 0 Å². The average molecular weight is 220 g/mol. The molecule has 3 heteroatoms. The average Bonchev–Trinajstić information content (AvgIpc) is 3.03. The summed E-state index contributed by atoms with van der Waals surface area (Å²) in [5, 5.41) is 8.57. The number of carbonyl (C=O) groups is 1. The molecule has 0 bridgehead atoms. The minimum atomic E-state index is 0.307. The van der Waals surface area contributed by atoms with Crippen LogP contribution in [0.15, 0.2) is 0 Å². The minimum Gasteiger partial charge on any atom is -0.342 e. The van der Waals surface area contributed by atoms with E-state index in [2.05, 4.69) is 6.07 Å². The highest BCUT2D eigenvalue weighted by Gasteiger charge is 2.55. The highest BCUT2D eigenvalue weighted by Crippen LogP contribution is 2.56. The highest BCUT2D eigenvalue weighted by atomic mass is 16.2.